The lowest BCUT2D eigenvalue weighted by Gasteiger charge is -2.25. The van der Waals surface area contributed by atoms with Crippen LogP contribution in [-0.4, -0.2) is 51.7 Å². The number of nitrogens with one attached hydrogen (secondary N) is 1. The Labute approximate surface area is 177 Å². The number of likely N-dealkylation sites (tertiary alicyclic amines) is 1. The molecule has 1 saturated heterocycles. The summed E-state index contributed by atoms with van der Waals surface area (Å²) in [6.45, 7) is 2.06. The Hall–Kier alpha value is -3.20. The number of benzene rings is 1. The summed E-state index contributed by atoms with van der Waals surface area (Å²) < 4.78 is 7.04. The number of hydrogen-bond acceptors (Lipinski definition) is 6. The molecule has 1 fully saturated rings. The van der Waals surface area contributed by atoms with Crippen LogP contribution in [0.15, 0.2) is 41.1 Å². The Morgan fingerprint density at radius 3 is 2.63 bits per heavy atom. The molecule has 1 N–H and O–H groups in total. The minimum absolute atomic E-state index is 0.0823. The molecule has 154 valence electrons. The van der Waals surface area contributed by atoms with Crippen LogP contribution in [-0.2, 0) is 13.0 Å². The third-order valence-electron chi connectivity index (χ3n) is 5.87. The van der Waals surface area contributed by atoms with E-state index in [9.17, 15) is 9.59 Å². The van der Waals surface area contributed by atoms with Gasteiger partial charge in [0.15, 0.2) is 0 Å². The molecule has 0 bridgehead atoms. The van der Waals surface area contributed by atoms with Crippen LogP contribution < -0.4 is 10.1 Å². The second-order valence-electron chi connectivity index (χ2n) is 7.68. The fraction of sp³-hybridized carbons (Fsp3) is 0.333. The third-order valence-corrected chi connectivity index (χ3v) is 6.56. The van der Waals surface area contributed by atoms with Gasteiger partial charge in [0.1, 0.15) is 11.6 Å². The van der Waals surface area contributed by atoms with Gasteiger partial charge in [-0.2, -0.15) is 11.3 Å². The number of anilines is 1. The highest BCUT2D eigenvalue weighted by atomic mass is 32.1. The smallest absolute Gasteiger partial charge is 0.293 e. The van der Waals surface area contributed by atoms with Crippen molar-refractivity contribution in [3.63, 3.8) is 0 Å². The number of ether oxygens (including phenoxy) is 1. The van der Waals surface area contributed by atoms with Gasteiger partial charge in [0.05, 0.1) is 12.7 Å². The maximum absolute atomic E-state index is 12.8. The van der Waals surface area contributed by atoms with Crippen molar-refractivity contribution in [2.45, 2.75) is 13.0 Å². The van der Waals surface area contributed by atoms with E-state index in [-0.39, 0.29) is 11.8 Å². The molecule has 2 aromatic heterocycles. The molecule has 0 saturated carbocycles. The summed E-state index contributed by atoms with van der Waals surface area (Å²) in [6.07, 6.45) is 0.723. The van der Waals surface area contributed by atoms with E-state index in [1.807, 2.05) is 26.3 Å². The Bertz CT molecular complexity index is 1080. The number of rotatable bonds is 4. The first-order valence-electron chi connectivity index (χ1n) is 9.81. The van der Waals surface area contributed by atoms with Gasteiger partial charge in [0.2, 0.25) is 5.82 Å². The fourth-order valence-corrected chi connectivity index (χ4v) is 4.92. The largest absolute Gasteiger partial charge is 0.497 e. The molecule has 2 atom stereocenters. The molecular formula is C21H21N5O3S. The van der Waals surface area contributed by atoms with Crippen LogP contribution in [0.1, 0.15) is 26.8 Å². The molecule has 1 aromatic carbocycles. The third kappa shape index (κ3) is 3.35. The average Bonchev–Trinajstić information content (AvgIpc) is 3.51. The molecule has 30 heavy (non-hydrogen) atoms. The molecule has 2 aliphatic heterocycles. The van der Waals surface area contributed by atoms with Gasteiger partial charge in [-0.3, -0.25) is 9.59 Å². The number of fused-ring (bicyclic) bond motifs is 2. The number of thiophene rings is 1. The molecule has 2 aliphatic rings. The van der Waals surface area contributed by atoms with Crippen LogP contribution in [0.2, 0.25) is 0 Å². The molecule has 0 aliphatic carbocycles. The number of hydrogen-bond donors (Lipinski definition) is 1. The number of carbonyl (C=O) groups excluding carboxylic acids is 2. The monoisotopic (exact) mass is 423 g/mol. The van der Waals surface area contributed by atoms with Crippen molar-refractivity contribution in [3.8, 4) is 5.75 Å². The highest BCUT2D eigenvalue weighted by molar-refractivity contribution is 7.08. The van der Waals surface area contributed by atoms with Crippen LogP contribution in [0.4, 0.5) is 5.69 Å². The van der Waals surface area contributed by atoms with Crippen molar-refractivity contribution in [2.24, 2.45) is 11.8 Å². The number of carbonyl (C=O) groups is 2. The van der Waals surface area contributed by atoms with Crippen molar-refractivity contribution < 1.29 is 14.3 Å². The summed E-state index contributed by atoms with van der Waals surface area (Å²) in [5.41, 5.74) is 1.41. The summed E-state index contributed by atoms with van der Waals surface area (Å²) in [5.74, 6) is 2.27. The molecule has 4 heterocycles. The van der Waals surface area contributed by atoms with Crippen LogP contribution in [0.25, 0.3) is 0 Å². The van der Waals surface area contributed by atoms with Gasteiger partial charge >= 0.3 is 0 Å². The van der Waals surface area contributed by atoms with Crippen molar-refractivity contribution in [1.82, 2.24) is 19.7 Å². The fourth-order valence-electron chi connectivity index (χ4n) is 4.29. The van der Waals surface area contributed by atoms with Gasteiger partial charge in [-0.05, 0) is 47.5 Å². The Morgan fingerprint density at radius 2 is 1.90 bits per heavy atom. The number of amides is 2. The minimum atomic E-state index is -0.290. The standard InChI is InChI=1S/C21H21N5O3S/c1-29-17-4-2-16(3-5-17)22-20(27)19-24-23-18-8-14-9-25(10-15(14)11-26(18)19)21(28)13-6-7-30-12-13/h2-7,12,14-15H,8-11H2,1H3,(H,22,27)/t14-,15+/m1/s1. The second-order valence-corrected chi connectivity index (χ2v) is 8.46. The van der Waals surface area contributed by atoms with E-state index in [1.165, 1.54) is 11.3 Å². The van der Waals surface area contributed by atoms with E-state index in [0.717, 1.165) is 30.1 Å². The van der Waals surface area contributed by atoms with E-state index in [4.69, 9.17) is 4.74 Å². The predicted molar refractivity (Wildman–Crippen MR) is 112 cm³/mol. The first-order chi connectivity index (χ1) is 14.6. The van der Waals surface area contributed by atoms with E-state index >= 15 is 0 Å². The number of methoxy groups -OCH3 is 1. The zero-order chi connectivity index (χ0) is 20.7. The molecule has 2 amide bonds. The van der Waals surface area contributed by atoms with Crippen molar-refractivity contribution in [3.05, 3.63) is 58.3 Å². The zero-order valence-corrected chi connectivity index (χ0v) is 17.3. The van der Waals surface area contributed by atoms with Crippen LogP contribution in [0.5, 0.6) is 5.75 Å². The predicted octanol–water partition coefficient (Wildman–Crippen LogP) is 2.55. The molecule has 0 unspecified atom stereocenters. The Balaban J connectivity index is 1.29. The molecule has 9 heteroatoms. The van der Waals surface area contributed by atoms with Crippen LogP contribution >= 0.6 is 11.3 Å². The first-order valence-corrected chi connectivity index (χ1v) is 10.8. The summed E-state index contributed by atoms with van der Waals surface area (Å²) in [4.78, 5) is 27.4. The second kappa shape index (κ2) is 7.56. The summed E-state index contributed by atoms with van der Waals surface area (Å²) in [7, 11) is 1.60. The van der Waals surface area contributed by atoms with Gasteiger partial charge in [-0.15, -0.1) is 10.2 Å². The van der Waals surface area contributed by atoms with E-state index in [0.29, 0.717) is 36.4 Å². The van der Waals surface area contributed by atoms with Gasteiger partial charge in [0.25, 0.3) is 11.8 Å². The molecule has 0 radical (unpaired) electrons. The quantitative estimate of drug-likeness (QED) is 0.697. The van der Waals surface area contributed by atoms with E-state index in [1.54, 1.807) is 31.4 Å². The van der Waals surface area contributed by atoms with Gasteiger partial charge in [-0.25, -0.2) is 0 Å². The average molecular weight is 423 g/mol. The number of aromatic nitrogens is 3. The summed E-state index contributed by atoms with van der Waals surface area (Å²) >= 11 is 1.53. The topological polar surface area (TPSA) is 89.3 Å². The normalized spacial score (nSPS) is 19.8. The van der Waals surface area contributed by atoms with E-state index < -0.39 is 0 Å². The maximum atomic E-state index is 12.8. The first kappa shape index (κ1) is 18.8. The van der Waals surface area contributed by atoms with Crippen LogP contribution in [0, 0.1) is 11.8 Å². The lowest BCUT2D eigenvalue weighted by Crippen LogP contribution is -2.31. The highest BCUT2D eigenvalue weighted by Crippen LogP contribution is 2.33. The lowest BCUT2D eigenvalue weighted by molar-refractivity contribution is 0.0783. The number of nitrogens with zero attached hydrogens (tertiary/aromatic N) is 4. The minimum Gasteiger partial charge on any atom is -0.497 e. The highest BCUT2D eigenvalue weighted by Gasteiger charge is 2.40. The molecule has 5 rings (SSSR count). The molecule has 8 nitrogen and oxygen atoms in total. The Morgan fingerprint density at radius 1 is 1.10 bits per heavy atom. The van der Waals surface area contributed by atoms with Gasteiger partial charge in [0, 0.05) is 37.1 Å². The SMILES string of the molecule is COc1ccc(NC(=O)c2nnc3n2C[C@@H]2CN(C(=O)c4ccsc4)C[C@H]2C3)cc1. The van der Waals surface area contributed by atoms with Crippen molar-refractivity contribution >= 4 is 28.8 Å². The molecular weight excluding hydrogens is 402 g/mol. The van der Waals surface area contributed by atoms with Crippen molar-refractivity contribution in [2.75, 3.05) is 25.5 Å². The van der Waals surface area contributed by atoms with Crippen molar-refractivity contribution in [1.29, 1.82) is 0 Å². The summed E-state index contributed by atoms with van der Waals surface area (Å²) in [6, 6.07) is 9.01. The Kier molecular flexibility index (Phi) is 4.74. The lowest BCUT2D eigenvalue weighted by atomic mass is 9.89. The molecule has 3 aromatic rings. The molecule has 0 spiro atoms. The zero-order valence-electron chi connectivity index (χ0n) is 16.4. The van der Waals surface area contributed by atoms with Gasteiger partial charge in [-0.1, -0.05) is 0 Å². The van der Waals surface area contributed by atoms with E-state index in [2.05, 4.69) is 15.5 Å². The maximum Gasteiger partial charge on any atom is 0.293 e. The summed E-state index contributed by atoms with van der Waals surface area (Å²) in [5, 5.41) is 15.1. The van der Waals surface area contributed by atoms with Gasteiger partial charge < -0.3 is 19.5 Å². The van der Waals surface area contributed by atoms with Crippen LogP contribution in [0.3, 0.4) is 0 Å².